The molecule has 8 heteroatoms. The number of hydrogen-bond donors (Lipinski definition) is 0. The van der Waals surface area contributed by atoms with Crippen LogP contribution in [-0.4, -0.2) is 0 Å². The van der Waals surface area contributed by atoms with Crippen LogP contribution in [0.25, 0.3) is 11.1 Å². The zero-order valence-corrected chi connectivity index (χ0v) is 10.4. The lowest BCUT2D eigenvalue weighted by atomic mass is 10.00. The Morgan fingerprint density at radius 2 is 1.27 bits per heavy atom. The Morgan fingerprint density at radius 3 is 1.82 bits per heavy atom. The van der Waals surface area contributed by atoms with Crippen molar-refractivity contribution in [2.75, 3.05) is 0 Å². The quantitative estimate of drug-likeness (QED) is 0.610. The minimum atomic E-state index is -4.93. The molecule has 0 aliphatic heterocycles. The van der Waals surface area contributed by atoms with Gasteiger partial charge in [0.25, 0.3) is 0 Å². The fourth-order valence-electron chi connectivity index (χ4n) is 1.75. The average Bonchev–Trinajstić information content (AvgIpc) is 2.35. The third kappa shape index (κ3) is 3.55. The molecule has 2 aromatic rings. The highest BCUT2D eigenvalue weighted by Gasteiger charge is 2.33. The van der Waals surface area contributed by atoms with E-state index in [2.05, 4.69) is 0 Å². The smallest absolute Gasteiger partial charge is 0.207 e. The third-order valence-corrected chi connectivity index (χ3v) is 2.68. The van der Waals surface area contributed by atoms with Crippen molar-refractivity contribution in [3.63, 3.8) is 0 Å². The van der Waals surface area contributed by atoms with Gasteiger partial charge >= 0.3 is 12.4 Å². The second kappa shape index (κ2) is 5.26. The Labute approximate surface area is 119 Å². The van der Waals surface area contributed by atoms with Crippen LogP contribution in [0.3, 0.4) is 0 Å². The van der Waals surface area contributed by atoms with Gasteiger partial charge in [-0.05, 0) is 41.5 Å². The summed E-state index contributed by atoms with van der Waals surface area (Å²) in [6.07, 6.45) is -9.83. The Bertz CT molecular complexity index is 635. The lowest BCUT2D eigenvalue weighted by Crippen LogP contribution is -2.07. The van der Waals surface area contributed by atoms with Crippen LogP contribution in [0.4, 0.5) is 35.1 Å². The topological polar surface area (TPSA) is 0 Å². The minimum absolute atomic E-state index is 0.146. The fourth-order valence-corrected chi connectivity index (χ4v) is 1.75. The predicted octanol–water partition coefficient (Wildman–Crippen LogP) is 5.47. The molecule has 0 aromatic heterocycles. The maximum absolute atomic E-state index is 13.2. The van der Waals surface area contributed by atoms with E-state index in [0.717, 1.165) is 0 Å². The molecule has 0 spiro atoms. The number of rotatable bonds is 1. The molecule has 0 saturated heterocycles. The van der Waals surface area contributed by atoms with Gasteiger partial charge in [0.05, 0.1) is 11.1 Å². The molecule has 117 valence electrons. The molecule has 0 unspecified atom stereocenters. The van der Waals surface area contributed by atoms with E-state index in [0.29, 0.717) is 18.2 Å². The van der Waals surface area contributed by atoms with Crippen LogP contribution in [0.15, 0.2) is 30.3 Å². The zero-order valence-electron chi connectivity index (χ0n) is 10.4. The summed E-state index contributed by atoms with van der Waals surface area (Å²) in [5.74, 6) is -2.63. The maximum atomic E-state index is 13.2. The highest BCUT2D eigenvalue weighted by atomic mass is 19.4. The van der Waals surface area contributed by atoms with E-state index in [-0.39, 0.29) is 12.1 Å². The molecule has 0 N–H and O–H groups in total. The molecule has 0 amide bonds. The summed E-state index contributed by atoms with van der Waals surface area (Å²) in [5.41, 5.74) is -4.08. The Hall–Kier alpha value is -2.12. The van der Waals surface area contributed by atoms with E-state index in [1.165, 1.54) is 0 Å². The molecule has 2 aromatic carbocycles. The van der Waals surface area contributed by atoms with Crippen molar-refractivity contribution in [3.05, 3.63) is 59.2 Å². The van der Waals surface area contributed by atoms with E-state index < -0.39 is 46.2 Å². The molecule has 22 heavy (non-hydrogen) atoms. The summed E-state index contributed by atoms with van der Waals surface area (Å²) in [7, 11) is 0. The van der Waals surface area contributed by atoms with Gasteiger partial charge in [0, 0.05) is 6.07 Å². The van der Waals surface area contributed by atoms with Gasteiger partial charge in [-0.25, -0.2) is 8.78 Å². The van der Waals surface area contributed by atoms with Crippen molar-refractivity contribution in [2.45, 2.75) is 12.4 Å². The Morgan fingerprint density at radius 1 is 0.682 bits per heavy atom. The van der Waals surface area contributed by atoms with Crippen LogP contribution in [-0.2, 0) is 12.4 Å². The predicted molar refractivity (Wildman–Crippen MR) is 60.6 cm³/mol. The molecule has 0 aliphatic carbocycles. The third-order valence-electron chi connectivity index (χ3n) is 2.68. The van der Waals surface area contributed by atoms with Crippen molar-refractivity contribution >= 4 is 0 Å². The van der Waals surface area contributed by atoms with E-state index in [9.17, 15) is 35.1 Å². The second-order valence-corrected chi connectivity index (χ2v) is 4.35. The normalized spacial score (nSPS) is 12.5. The van der Waals surface area contributed by atoms with Gasteiger partial charge in [0.15, 0.2) is 0 Å². The standard InChI is InChI=1S/C14H5F8/c15-11-3-7(1-9(5-11)13(17,18)19)8-2-10(14(20,21)22)6-12(16)4-8/h1,3-6H. The first-order valence-electron chi connectivity index (χ1n) is 5.65. The van der Waals surface area contributed by atoms with Gasteiger partial charge < -0.3 is 0 Å². The van der Waals surface area contributed by atoms with E-state index >= 15 is 0 Å². The Kier molecular flexibility index (Phi) is 3.88. The number of halogens is 8. The van der Waals surface area contributed by atoms with Crippen molar-refractivity contribution in [2.24, 2.45) is 0 Å². The van der Waals surface area contributed by atoms with E-state index in [4.69, 9.17) is 0 Å². The first-order chi connectivity index (χ1) is 9.96. The molecular weight excluding hydrogens is 320 g/mol. The van der Waals surface area contributed by atoms with E-state index in [1.807, 2.05) is 0 Å². The van der Waals surface area contributed by atoms with Crippen LogP contribution in [0.1, 0.15) is 11.1 Å². The van der Waals surface area contributed by atoms with E-state index in [1.54, 1.807) is 6.07 Å². The molecule has 0 heterocycles. The molecule has 0 bridgehead atoms. The zero-order chi connectivity index (χ0) is 16.7. The number of hydrogen-bond acceptors (Lipinski definition) is 0. The van der Waals surface area contributed by atoms with Gasteiger partial charge in [-0.3, -0.25) is 0 Å². The molecular formula is C14H5F8. The first kappa shape index (κ1) is 16.3. The molecule has 1 radical (unpaired) electrons. The van der Waals surface area contributed by atoms with Gasteiger partial charge in [0.2, 0.25) is 0 Å². The summed E-state index contributed by atoms with van der Waals surface area (Å²) < 4.78 is 102. The molecule has 0 atom stereocenters. The molecule has 0 saturated carbocycles. The fraction of sp³-hybridized carbons (Fsp3) is 0.143. The lowest BCUT2D eigenvalue weighted by molar-refractivity contribution is -0.138. The van der Waals surface area contributed by atoms with Gasteiger partial charge in [0.1, 0.15) is 11.6 Å². The average molecular weight is 325 g/mol. The minimum Gasteiger partial charge on any atom is -0.207 e. The van der Waals surface area contributed by atoms with Crippen LogP contribution in [0.5, 0.6) is 0 Å². The lowest BCUT2D eigenvalue weighted by Gasteiger charge is -2.12. The molecule has 0 fully saturated rings. The van der Waals surface area contributed by atoms with Crippen molar-refractivity contribution in [3.8, 4) is 11.1 Å². The molecule has 0 aliphatic rings. The molecule has 2 rings (SSSR count). The molecule has 0 nitrogen and oxygen atoms in total. The first-order valence-corrected chi connectivity index (χ1v) is 5.65. The van der Waals surface area contributed by atoms with Crippen molar-refractivity contribution in [1.82, 2.24) is 0 Å². The van der Waals surface area contributed by atoms with Crippen molar-refractivity contribution in [1.29, 1.82) is 0 Å². The summed E-state index contributed by atoms with van der Waals surface area (Å²) >= 11 is 0. The maximum Gasteiger partial charge on any atom is 0.417 e. The van der Waals surface area contributed by atoms with Gasteiger partial charge in [-0.15, -0.1) is 0 Å². The van der Waals surface area contributed by atoms with Gasteiger partial charge in [-0.2, -0.15) is 26.3 Å². The van der Waals surface area contributed by atoms with Crippen LogP contribution >= 0.6 is 0 Å². The highest BCUT2D eigenvalue weighted by Crippen LogP contribution is 2.36. The number of alkyl halides is 6. The summed E-state index contributed by atoms with van der Waals surface area (Å²) in [6.45, 7) is 0. The monoisotopic (exact) mass is 325 g/mol. The number of benzene rings is 2. The van der Waals surface area contributed by atoms with Crippen molar-refractivity contribution < 1.29 is 35.1 Å². The summed E-state index contributed by atoms with van der Waals surface area (Å²) in [6, 6.07) is 3.62. The summed E-state index contributed by atoms with van der Waals surface area (Å²) in [5, 5.41) is 0. The van der Waals surface area contributed by atoms with Crippen LogP contribution in [0.2, 0.25) is 0 Å². The second-order valence-electron chi connectivity index (χ2n) is 4.35. The largest absolute Gasteiger partial charge is 0.417 e. The van der Waals surface area contributed by atoms with Crippen LogP contribution in [0, 0.1) is 17.7 Å². The summed E-state index contributed by atoms with van der Waals surface area (Å²) in [4.78, 5) is 0. The highest BCUT2D eigenvalue weighted by molar-refractivity contribution is 5.65. The van der Waals surface area contributed by atoms with Gasteiger partial charge in [-0.1, -0.05) is 0 Å². The van der Waals surface area contributed by atoms with Crippen LogP contribution < -0.4 is 0 Å². The Balaban J connectivity index is 2.62. The SMILES string of the molecule is Fc1cc(-c2cc(F)cc(C(F)(F)F)c2)[c]c(C(F)(F)F)c1.